The van der Waals surface area contributed by atoms with Crippen molar-refractivity contribution in [1.82, 2.24) is 4.90 Å². The van der Waals surface area contributed by atoms with E-state index in [1.807, 2.05) is 27.1 Å². The third kappa shape index (κ3) is 1.89. The topological polar surface area (TPSA) is 20.3 Å². The first-order valence-corrected chi connectivity index (χ1v) is 5.04. The molecule has 1 atom stereocenters. The maximum absolute atomic E-state index is 11.3. The van der Waals surface area contributed by atoms with Crippen molar-refractivity contribution in [3.63, 3.8) is 0 Å². The summed E-state index contributed by atoms with van der Waals surface area (Å²) in [7, 11) is 4.06. The summed E-state index contributed by atoms with van der Waals surface area (Å²) in [6, 6.07) is 0. The van der Waals surface area contributed by atoms with Crippen LogP contribution in [0, 0.1) is 5.41 Å². The van der Waals surface area contributed by atoms with E-state index in [1.165, 1.54) is 5.70 Å². The quantitative estimate of drug-likeness (QED) is 0.683. The average molecular weight is 193 g/mol. The molecule has 0 saturated carbocycles. The van der Waals surface area contributed by atoms with Gasteiger partial charge in [0.1, 0.15) is 5.78 Å². The number of allylic oxidation sites excluding steroid dienone is 4. The molecule has 1 aliphatic carbocycles. The van der Waals surface area contributed by atoms with Crippen LogP contribution >= 0.6 is 0 Å². The fraction of sp³-hybridized carbons (Fsp3) is 0.583. The molecule has 14 heavy (non-hydrogen) atoms. The van der Waals surface area contributed by atoms with E-state index in [4.69, 9.17) is 0 Å². The molecule has 0 aliphatic heterocycles. The van der Waals surface area contributed by atoms with Crippen LogP contribution in [-0.4, -0.2) is 24.8 Å². The molecule has 0 aromatic carbocycles. The van der Waals surface area contributed by atoms with Gasteiger partial charge in [-0.15, -0.1) is 0 Å². The number of carbonyl (C=O) groups excluding carboxylic acids is 1. The van der Waals surface area contributed by atoms with Gasteiger partial charge in [0, 0.05) is 19.8 Å². The Morgan fingerprint density at radius 2 is 2.14 bits per heavy atom. The number of Topliss-reactive ketones (excluding diaryl/α,β-unsaturated/α-hetero) is 1. The van der Waals surface area contributed by atoms with E-state index in [0.717, 1.165) is 12.0 Å². The molecule has 0 saturated heterocycles. The van der Waals surface area contributed by atoms with Gasteiger partial charge in [-0.25, -0.2) is 0 Å². The Morgan fingerprint density at radius 1 is 1.57 bits per heavy atom. The molecule has 0 aromatic rings. The van der Waals surface area contributed by atoms with Gasteiger partial charge in [0.2, 0.25) is 0 Å². The van der Waals surface area contributed by atoms with Crippen LogP contribution in [0.2, 0.25) is 0 Å². The monoisotopic (exact) mass is 193 g/mol. The lowest BCUT2D eigenvalue weighted by molar-refractivity contribution is -0.120. The Bertz CT molecular complexity index is 312. The number of hydrogen-bond donors (Lipinski definition) is 0. The molecule has 0 radical (unpaired) electrons. The summed E-state index contributed by atoms with van der Waals surface area (Å²) in [5, 5.41) is 0. The maximum atomic E-state index is 11.3. The third-order valence-electron chi connectivity index (χ3n) is 2.95. The number of nitrogens with zero attached hydrogens (tertiary/aromatic N) is 1. The fourth-order valence-corrected chi connectivity index (χ4v) is 1.50. The second kappa shape index (κ2) is 3.60. The SMILES string of the molecule is CC/C(=C\C1=C[C@@]1(C)C(C)=O)N(C)C. The number of rotatable bonds is 4. The predicted molar refractivity (Wildman–Crippen MR) is 58.9 cm³/mol. The van der Waals surface area contributed by atoms with Crippen molar-refractivity contribution in [2.75, 3.05) is 14.1 Å². The van der Waals surface area contributed by atoms with Crippen LogP contribution in [0.15, 0.2) is 23.4 Å². The standard InChI is InChI=1S/C12H19NO/c1-6-11(13(4)5)7-10-8-12(10,3)9(2)14/h7-8H,6H2,1-5H3/b11-7+/t12-/m0/s1. The minimum atomic E-state index is -0.267. The van der Waals surface area contributed by atoms with Crippen molar-refractivity contribution >= 4 is 5.78 Å². The van der Waals surface area contributed by atoms with E-state index in [-0.39, 0.29) is 11.2 Å². The number of carbonyl (C=O) groups is 1. The molecule has 78 valence electrons. The van der Waals surface area contributed by atoms with E-state index in [9.17, 15) is 4.79 Å². The second-order valence-corrected chi connectivity index (χ2v) is 4.24. The summed E-state index contributed by atoms with van der Waals surface area (Å²) in [5.41, 5.74) is 2.16. The second-order valence-electron chi connectivity index (χ2n) is 4.24. The highest BCUT2D eigenvalue weighted by atomic mass is 16.1. The summed E-state index contributed by atoms with van der Waals surface area (Å²) in [6.45, 7) is 5.75. The van der Waals surface area contributed by atoms with Crippen molar-refractivity contribution < 1.29 is 4.79 Å². The molecule has 0 bridgehead atoms. The third-order valence-corrected chi connectivity index (χ3v) is 2.95. The van der Waals surface area contributed by atoms with Crippen LogP contribution in [-0.2, 0) is 4.79 Å². The van der Waals surface area contributed by atoms with Gasteiger partial charge in [-0.1, -0.05) is 13.0 Å². The Labute approximate surface area is 86.3 Å². The van der Waals surface area contributed by atoms with Crippen molar-refractivity contribution in [2.24, 2.45) is 5.41 Å². The Morgan fingerprint density at radius 3 is 2.43 bits per heavy atom. The molecule has 0 N–H and O–H groups in total. The number of hydrogen-bond acceptors (Lipinski definition) is 2. The predicted octanol–water partition coefficient (Wildman–Crippen LogP) is 2.38. The van der Waals surface area contributed by atoms with E-state index in [1.54, 1.807) is 6.92 Å². The Balaban J connectivity index is 2.72. The highest BCUT2D eigenvalue weighted by Gasteiger charge is 2.42. The summed E-state index contributed by atoms with van der Waals surface area (Å²) in [4.78, 5) is 13.4. The summed E-state index contributed by atoms with van der Waals surface area (Å²) in [6.07, 6.45) is 5.16. The Hall–Kier alpha value is -1.05. The lowest BCUT2D eigenvalue weighted by atomic mass is 9.98. The first kappa shape index (κ1) is 11.0. The molecule has 0 heterocycles. The van der Waals surface area contributed by atoms with Crippen LogP contribution in [0.1, 0.15) is 27.2 Å². The maximum Gasteiger partial charge on any atom is 0.143 e. The lowest BCUT2D eigenvalue weighted by Gasteiger charge is -2.15. The lowest BCUT2D eigenvalue weighted by Crippen LogP contribution is -2.13. The normalized spacial score (nSPS) is 25.8. The van der Waals surface area contributed by atoms with E-state index in [2.05, 4.69) is 17.9 Å². The van der Waals surface area contributed by atoms with Gasteiger partial charge in [-0.05, 0) is 31.9 Å². The Kier molecular flexibility index (Phi) is 2.84. The molecule has 0 unspecified atom stereocenters. The van der Waals surface area contributed by atoms with Gasteiger partial charge < -0.3 is 4.90 Å². The van der Waals surface area contributed by atoms with E-state index in [0.29, 0.717) is 0 Å². The molecule has 1 rings (SSSR count). The van der Waals surface area contributed by atoms with Crippen LogP contribution in [0.5, 0.6) is 0 Å². The first-order chi connectivity index (χ1) is 6.41. The highest BCUT2D eigenvalue weighted by molar-refractivity contribution is 5.93. The molecule has 2 heteroatoms. The summed E-state index contributed by atoms with van der Waals surface area (Å²) in [5.74, 6) is 0.234. The largest absolute Gasteiger partial charge is 0.381 e. The van der Waals surface area contributed by atoms with E-state index < -0.39 is 0 Å². The van der Waals surface area contributed by atoms with Crippen molar-refractivity contribution in [3.05, 3.63) is 23.4 Å². The summed E-state index contributed by atoms with van der Waals surface area (Å²) < 4.78 is 0. The summed E-state index contributed by atoms with van der Waals surface area (Å²) >= 11 is 0. The molecular weight excluding hydrogens is 174 g/mol. The van der Waals surface area contributed by atoms with Gasteiger partial charge in [-0.2, -0.15) is 0 Å². The minimum absolute atomic E-state index is 0.234. The highest BCUT2D eigenvalue weighted by Crippen LogP contribution is 2.45. The first-order valence-electron chi connectivity index (χ1n) is 5.04. The van der Waals surface area contributed by atoms with Gasteiger partial charge in [0.25, 0.3) is 0 Å². The van der Waals surface area contributed by atoms with Gasteiger partial charge in [0.05, 0.1) is 5.41 Å². The zero-order valence-electron chi connectivity index (χ0n) is 9.72. The molecule has 1 aliphatic rings. The van der Waals surface area contributed by atoms with Crippen LogP contribution in [0.25, 0.3) is 0 Å². The van der Waals surface area contributed by atoms with E-state index >= 15 is 0 Å². The average Bonchev–Trinajstić information content (AvgIpc) is 2.74. The van der Waals surface area contributed by atoms with Crippen LogP contribution < -0.4 is 0 Å². The van der Waals surface area contributed by atoms with Crippen molar-refractivity contribution in [1.29, 1.82) is 0 Å². The molecule has 0 spiro atoms. The van der Waals surface area contributed by atoms with Crippen LogP contribution in [0.3, 0.4) is 0 Å². The van der Waals surface area contributed by atoms with Crippen molar-refractivity contribution in [3.8, 4) is 0 Å². The molecule has 0 fully saturated rings. The molecular formula is C12H19NO. The number of ketones is 1. The molecule has 0 amide bonds. The zero-order chi connectivity index (χ0) is 10.9. The smallest absolute Gasteiger partial charge is 0.143 e. The zero-order valence-corrected chi connectivity index (χ0v) is 9.72. The minimum Gasteiger partial charge on any atom is -0.381 e. The fourth-order valence-electron chi connectivity index (χ4n) is 1.50. The van der Waals surface area contributed by atoms with Crippen LogP contribution in [0.4, 0.5) is 0 Å². The molecule has 2 nitrogen and oxygen atoms in total. The van der Waals surface area contributed by atoms with Gasteiger partial charge >= 0.3 is 0 Å². The van der Waals surface area contributed by atoms with Gasteiger partial charge in [-0.3, -0.25) is 4.79 Å². The van der Waals surface area contributed by atoms with Crippen molar-refractivity contribution in [2.45, 2.75) is 27.2 Å². The molecule has 0 aromatic heterocycles. The van der Waals surface area contributed by atoms with Gasteiger partial charge in [0.15, 0.2) is 0 Å².